The van der Waals surface area contributed by atoms with Crippen molar-refractivity contribution in [3.8, 4) is 0 Å². The Kier molecular flexibility index (Phi) is 3.76. The Morgan fingerprint density at radius 1 is 1.56 bits per heavy atom. The second-order valence-electron chi connectivity index (χ2n) is 4.67. The van der Waals surface area contributed by atoms with E-state index in [0.717, 1.165) is 6.42 Å². The number of nitrogen functional groups attached to an aromatic ring is 1. The predicted molar refractivity (Wildman–Crippen MR) is 67.0 cm³/mol. The minimum atomic E-state index is -0.203. The highest BCUT2D eigenvalue weighted by atomic mass is 16.5. The minimum absolute atomic E-state index is 0.125. The first kappa shape index (κ1) is 12.8. The molecule has 0 radical (unpaired) electrons. The van der Waals surface area contributed by atoms with Gasteiger partial charge in [-0.15, -0.1) is 0 Å². The maximum absolute atomic E-state index is 12.1. The van der Waals surface area contributed by atoms with Crippen LogP contribution in [0.5, 0.6) is 0 Å². The van der Waals surface area contributed by atoms with Crippen LogP contribution in [0.15, 0.2) is 6.07 Å². The lowest BCUT2D eigenvalue weighted by atomic mass is 9.98. The average Bonchev–Trinajstić information content (AvgIpc) is 2.31. The third-order valence-electron chi connectivity index (χ3n) is 3.06. The lowest BCUT2D eigenvalue weighted by Crippen LogP contribution is -2.44. The van der Waals surface area contributed by atoms with E-state index in [1.54, 1.807) is 13.0 Å². The molecule has 1 aromatic heterocycles. The molecule has 6 nitrogen and oxygen atoms in total. The van der Waals surface area contributed by atoms with Gasteiger partial charge in [-0.05, 0) is 25.3 Å². The molecule has 1 aliphatic rings. The topological polar surface area (TPSA) is 90.1 Å². The summed E-state index contributed by atoms with van der Waals surface area (Å²) in [6.45, 7) is 5.20. The first-order chi connectivity index (χ1) is 8.56. The summed E-state index contributed by atoms with van der Waals surface area (Å²) in [6.07, 6.45) is 0.826. The molecule has 0 spiro atoms. The number of aromatic nitrogens is 2. The zero-order valence-electron chi connectivity index (χ0n) is 10.6. The maximum Gasteiger partial charge on any atom is 0.270 e. The van der Waals surface area contributed by atoms with Crippen LogP contribution in [0.25, 0.3) is 0 Å². The normalized spacial score (nSPS) is 23.7. The summed E-state index contributed by atoms with van der Waals surface area (Å²) in [5.74, 6) is 0.231. The Morgan fingerprint density at radius 2 is 2.33 bits per heavy atom. The van der Waals surface area contributed by atoms with E-state index in [1.165, 1.54) is 0 Å². The molecule has 1 fully saturated rings. The molecule has 2 atom stereocenters. The number of nitrogens with one attached hydrogen (secondary N) is 1. The van der Waals surface area contributed by atoms with E-state index in [2.05, 4.69) is 22.2 Å². The highest BCUT2D eigenvalue weighted by molar-refractivity contribution is 5.92. The van der Waals surface area contributed by atoms with E-state index < -0.39 is 0 Å². The van der Waals surface area contributed by atoms with Crippen LogP contribution in [0, 0.1) is 12.8 Å². The van der Waals surface area contributed by atoms with Crippen molar-refractivity contribution in [2.75, 3.05) is 18.9 Å². The number of aryl methyl sites for hydroxylation is 1. The third-order valence-corrected chi connectivity index (χ3v) is 3.06. The van der Waals surface area contributed by atoms with Crippen molar-refractivity contribution in [2.45, 2.75) is 26.3 Å². The number of carbonyl (C=O) groups excluding carboxylic acids is 1. The highest BCUT2D eigenvalue weighted by Crippen LogP contribution is 2.14. The van der Waals surface area contributed by atoms with Crippen LogP contribution >= 0.6 is 0 Å². The Morgan fingerprint density at radius 3 is 3.00 bits per heavy atom. The zero-order valence-corrected chi connectivity index (χ0v) is 10.6. The first-order valence-corrected chi connectivity index (χ1v) is 6.06. The molecular formula is C12H18N4O2. The van der Waals surface area contributed by atoms with Crippen LogP contribution in [0.3, 0.4) is 0 Å². The molecule has 3 N–H and O–H groups in total. The number of nitrogens with two attached hydrogens (primary N) is 1. The fourth-order valence-corrected chi connectivity index (χ4v) is 2.04. The summed E-state index contributed by atoms with van der Waals surface area (Å²) in [5, 5.41) is 2.97. The van der Waals surface area contributed by atoms with Gasteiger partial charge in [-0.1, -0.05) is 6.92 Å². The van der Waals surface area contributed by atoms with Crippen molar-refractivity contribution in [1.29, 1.82) is 0 Å². The maximum atomic E-state index is 12.1. The van der Waals surface area contributed by atoms with Crippen molar-refractivity contribution in [2.24, 2.45) is 5.92 Å². The van der Waals surface area contributed by atoms with Crippen molar-refractivity contribution < 1.29 is 9.53 Å². The van der Waals surface area contributed by atoms with Crippen molar-refractivity contribution in [3.05, 3.63) is 17.5 Å². The SMILES string of the molecule is Cc1cc(C(=O)NC2CCOCC2C)nc(N)n1. The summed E-state index contributed by atoms with van der Waals surface area (Å²) in [6, 6.07) is 1.76. The number of rotatable bonds is 2. The van der Waals surface area contributed by atoms with Crippen LogP contribution < -0.4 is 11.1 Å². The molecule has 1 amide bonds. The monoisotopic (exact) mass is 250 g/mol. The second kappa shape index (κ2) is 5.30. The molecule has 2 heterocycles. The Balaban J connectivity index is 2.06. The van der Waals surface area contributed by atoms with Crippen LogP contribution in [-0.4, -0.2) is 35.1 Å². The van der Waals surface area contributed by atoms with Gasteiger partial charge in [0.2, 0.25) is 5.95 Å². The fourth-order valence-electron chi connectivity index (χ4n) is 2.04. The number of hydrogen-bond donors (Lipinski definition) is 2. The summed E-state index contributed by atoms with van der Waals surface area (Å²) >= 11 is 0. The first-order valence-electron chi connectivity index (χ1n) is 6.06. The molecule has 0 aliphatic carbocycles. The molecule has 1 saturated heterocycles. The van der Waals surface area contributed by atoms with Gasteiger partial charge in [0.05, 0.1) is 6.61 Å². The molecular weight excluding hydrogens is 232 g/mol. The van der Waals surface area contributed by atoms with Gasteiger partial charge >= 0.3 is 0 Å². The van der Waals surface area contributed by atoms with Crippen LogP contribution in [-0.2, 0) is 4.74 Å². The Labute approximate surface area is 106 Å². The average molecular weight is 250 g/mol. The summed E-state index contributed by atoms with van der Waals surface area (Å²) < 4.78 is 5.34. The second-order valence-corrected chi connectivity index (χ2v) is 4.67. The molecule has 98 valence electrons. The molecule has 2 unspecified atom stereocenters. The van der Waals surface area contributed by atoms with Crippen LogP contribution in [0.1, 0.15) is 29.5 Å². The number of anilines is 1. The highest BCUT2D eigenvalue weighted by Gasteiger charge is 2.24. The van der Waals surface area contributed by atoms with E-state index in [4.69, 9.17) is 10.5 Å². The number of carbonyl (C=O) groups is 1. The fraction of sp³-hybridized carbons (Fsp3) is 0.583. The van der Waals surface area contributed by atoms with Crippen LogP contribution in [0.2, 0.25) is 0 Å². The van der Waals surface area contributed by atoms with Gasteiger partial charge in [-0.25, -0.2) is 9.97 Å². The number of hydrogen-bond acceptors (Lipinski definition) is 5. The largest absolute Gasteiger partial charge is 0.381 e. The number of nitrogens with zero attached hydrogens (tertiary/aromatic N) is 2. The van der Waals surface area contributed by atoms with Gasteiger partial charge in [0.15, 0.2) is 0 Å². The molecule has 2 rings (SSSR count). The third kappa shape index (κ3) is 2.95. The number of ether oxygens (including phenoxy) is 1. The van der Waals surface area contributed by atoms with E-state index in [9.17, 15) is 4.79 Å². The van der Waals surface area contributed by atoms with Gasteiger partial charge in [0.25, 0.3) is 5.91 Å². The summed E-state index contributed by atoms with van der Waals surface area (Å²) in [7, 11) is 0. The quantitative estimate of drug-likeness (QED) is 0.798. The lowest BCUT2D eigenvalue weighted by Gasteiger charge is -2.29. The minimum Gasteiger partial charge on any atom is -0.381 e. The smallest absolute Gasteiger partial charge is 0.270 e. The van der Waals surface area contributed by atoms with Crippen molar-refractivity contribution in [3.63, 3.8) is 0 Å². The van der Waals surface area contributed by atoms with Gasteiger partial charge in [0.1, 0.15) is 5.69 Å². The summed E-state index contributed by atoms with van der Waals surface area (Å²) in [4.78, 5) is 20.0. The molecule has 6 heteroatoms. The number of amides is 1. The predicted octanol–water partition coefficient (Wildman–Crippen LogP) is 0.522. The van der Waals surface area contributed by atoms with E-state index in [-0.39, 0.29) is 17.9 Å². The van der Waals surface area contributed by atoms with E-state index >= 15 is 0 Å². The zero-order chi connectivity index (χ0) is 13.1. The molecule has 1 aliphatic heterocycles. The van der Waals surface area contributed by atoms with Crippen molar-refractivity contribution in [1.82, 2.24) is 15.3 Å². The molecule has 1 aromatic rings. The Bertz CT molecular complexity index is 429. The molecule has 18 heavy (non-hydrogen) atoms. The van der Waals surface area contributed by atoms with E-state index in [1.807, 2.05) is 0 Å². The van der Waals surface area contributed by atoms with Gasteiger partial charge in [0, 0.05) is 18.3 Å². The van der Waals surface area contributed by atoms with Crippen molar-refractivity contribution >= 4 is 11.9 Å². The van der Waals surface area contributed by atoms with Gasteiger partial charge < -0.3 is 15.8 Å². The van der Waals surface area contributed by atoms with E-state index in [0.29, 0.717) is 30.5 Å². The lowest BCUT2D eigenvalue weighted by molar-refractivity contribution is 0.0374. The van der Waals surface area contributed by atoms with Gasteiger partial charge in [-0.2, -0.15) is 0 Å². The van der Waals surface area contributed by atoms with Crippen LogP contribution in [0.4, 0.5) is 5.95 Å². The van der Waals surface area contributed by atoms with Gasteiger partial charge in [-0.3, -0.25) is 4.79 Å². The molecule has 0 aromatic carbocycles. The molecule has 0 saturated carbocycles. The standard InChI is InChI=1S/C12H18N4O2/c1-7-6-18-4-3-9(7)15-11(17)10-5-8(2)14-12(13)16-10/h5,7,9H,3-4,6H2,1-2H3,(H,15,17)(H2,13,14,16). The summed E-state index contributed by atoms with van der Waals surface area (Å²) in [5.41, 5.74) is 6.54. The Hall–Kier alpha value is -1.69. The molecule has 0 bridgehead atoms.